The Labute approximate surface area is 205 Å². The molecule has 5 rings (SSSR count). The summed E-state index contributed by atoms with van der Waals surface area (Å²) in [5.41, 5.74) is 1.11. The van der Waals surface area contributed by atoms with Gasteiger partial charge in [-0.05, 0) is 36.4 Å². The molecule has 1 N–H and O–H groups in total. The van der Waals surface area contributed by atoms with E-state index in [-0.39, 0.29) is 18.5 Å². The van der Waals surface area contributed by atoms with E-state index in [1.807, 2.05) is 30.3 Å². The smallest absolute Gasteiger partial charge is 0.231 e. The van der Waals surface area contributed by atoms with E-state index in [0.717, 1.165) is 5.69 Å². The second-order valence-electron chi connectivity index (χ2n) is 7.46. The Bertz CT molecular complexity index is 1330. The average Bonchev–Trinajstić information content (AvgIpc) is 3.53. The highest BCUT2D eigenvalue weighted by Crippen LogP contribution is 2.35. The lowest BCUT2D eigenvalue weighted by molar-refractivity contribution is -0.118. The number of hydrogen-bond acceptors (Lipinski definition) is 7. The molecule has 0 fully saturated rings. The lowest BCUT2D eigenvalue weighted by Gasteiger charge is -2.11. The maximum Gasteiger partial charge on any atom is 0.231 e. The van der Waals surface area contributed by atoms with Gasteiger partial charge in [-0.1, -0.05) is 42.1 Å². The highest BCUT2D eigenvalue weighted by atomic mass is 32.2. The molecule has 2 heterocycles. The van der Waals surface area contributed by atoms with Gasteiger partial charge in [-0.15, -0.1) is 10.2 Å². The average molecular weight is 493 g/mol. The van der Waals surface area contributed by atoms with Crippen molar-refractivity contribution in [3.63, 3.8) is 0 Å². The standard InChI is InChI=1S/C25H21FN4O4S/c26-20-9-5-4-8-19(20)24-28-29-25(30(24)17-6-2-1-3-7-17)35-15-23(31)27-12-13-32-18-10-11-21-22(14-18)34-16-33-21/h1-11,14H,12-13,15-16H2,(H,27,31). The number of ether oxygens (including phenoxy) is 3. The Kier molecular flexibility index (Phi) is 6.80. The number of nitrogens with zero attached hydrogens (tertiary/aromatic N) is 3. The number of carbonyl (C=O) groups is 1. The number of para-hydroxylation sites is 1. The Hall–Kier alpha value is -4.05. The summed E-state index contributed by atoms with van der Waals surface area (Å²) in [4.78, 5) is 12.4. The van der Waals surface area contributed by atoms with Crippen molar-refractivity contribution in [3.05, 3.63) is 78.6 Å². The van der Waals surface area contributed by atoms with Crippen LogP contribution < -0.4 is 19.5 Å². The van der Waals surface area contributed by atoms with Gasteiger partial charge < -0.3 is 19.5 Å². The predicted octanol–water partition coefficient (Wildman–Crippen LogP) is 4.09. The Morgan fingerprint density at radius 1 is 1.03 bits per heavy atom. The molecule has 1 aromatic heterocycles. The van der Waals surface area contributed by atoms with E-state index in [1.165, 1.54) is 17.8 Å². The van der Waals surface area contributed by atoms with Crippen LogP contribution in [0.1, 0.15) is 0 Å². The third-order valence-corrected chi connectivity index (χ3v) is 6.06. The van der Waals surface area contributed by atoms with Crippen molar-refractivity contribution < 1.29 is 23.4 Å². The van der Waals surface area contributed by atoms with Crippen LogP contribution >= 0.6 is 11.8 Å². The van der Waals surface area contributed by atoms with E-state index in [1.54, 1.807) is 41.0 Å². The van der Waals surface area contributed by atoms with Crippen LogP contribution in [0.3, 0.4) is 0 Å². The summed E-state index contributed by atoms with van der Waals surface area (Å²) in [6, 6.07) is 21.1. The predicted molar refractivity (Wildman–Crippen MR) is 129 cm³/mol. The number of thioether (sulfide) groups is 1. The van der Waals surface area contributed by atoms with Crippen LogP contribution in [0.15, 0.2) is 78.0 Å². The van der Waals surface area contributed by atoms with E-state index in [4.69, 9.17) is 14.2 Å². The van der Waals surface area contributed by atoms with Crippen molar-refractivity contribution in [2.24, 2.45) is 0 Å². The van der Waals surface area contributed by atoms with E-state index in [0.29, 0.717) is 46.9 Å². The molecule has 0 radical (unpaired) electrons. The number of hydrogen-bond donors (Lipinski definition) is 1. The number of fused-ring (bicyclic) bond motifs is 1. The molecular weight excluding hydrogens is 471 g/mol. The van der Waals surface area contributed by atoms with Gasteiger partial charge in [0.05, 0.1) is 17.9 Å². The second kappa shape index (κ2) is 10.5. The molecule has 0 bridgehead atoms. The van der Waals surface area contributed by atoms with Gasteiger partial charge in [0.25, 0.3) is 0 Å². The van der Waals surface area contributed by atoms with Gasteiger partial charge in [-0.25, -0.2) is 4.39 Å². The zero-order chi connectivity index (χ0) is 24.0. The van der Waals surface area contributed by atoms with Crippen molar-refractivity contribution in [2.45, 2.75) is 5.16 Å². The van der Waals surface area contributed by atoms with Crippen LogP contribution in [-0.2, 0) is 4.79 Å². The molecule has 0 atom stereocenters. The van der Waals surface area contributed by atoms with Crippen molar-refractivity contribution >= 4 is 17.7 Å². The minimum absolute atomic E-state index is 0.117. The lowest BCUT2D eigenvalue weighted by atomic mass is 10.2. The number of nitrogens with one attached hydrogen (secondary N) is 1. The SMILES string of the molecule is O=C(CSc1nnc(-c2ccccc2F)n1-c1ccccc1)NCCOc1ccc2c(c1)OCO2. The van der Waals surface area contributed by atoms with Gasteiger partial charge in [0.1, 0.15) is 18.2 Å². The summed E-state index contributed by atoms with van der Waals surface area (Å²) in [6.45, 7) is 0.833. The zero-order valence-corrected chi connectivity index (χ0v) is 19.3. The molecule has 3 aromatic carbocycles. The minimum Gasteiger partial charge on any atom is -0.492 e. The molecular formula is C25H21FN4O4S. The van der Waals surface area contributed by atoms with Gasteiger partial charge >= 0.3 is 0 Å². The maximum atomic E-state index is 14.5. The molecule has 0 saturated heterocycles. The molecule has 0 spiro atoms. The topological polar surface area (TPSA) is 87.5 Å². The van der Waals surface area contributed by atoms with Crippen LogP contribution in [0.2, 0.25) is 0 Å². The minimum atomic E-state index is -0.395. The first-order chi connectivity index (χ1) is 17.2. The first-order valence-corrected chi connectivity index (χ1v) is 11.9. The molecule has 10 heteroatoms. The van der Waals surface area contributed by atoms with Crippen LogP contribution in [0.5, 0.6) is 17.2 Å². The Morgan fingerprint density at radius 2 is 1.83 bits per heavy atom. The fourth-order valence-corrected chi connectivity index (χ4v) is 4.28. The maximum absolute atomic E-state index is 14.5. The van der Waals surface area contributed by atoms with Crippen molar-refractivity contribution in [1.29, 1.82) is 0 Å². The van der Waals surface area contributed by atoms with E-state index >= 15 is 0 Å². The number of benzene rings is 3. The summed E-state index contributed by atoms with van der Waals surface area (Å²) < 4.78 is 32.5. The summed E-state index contributed by atoms with van der Waals surface area (Å²) in [6.07, 6.45) is 0. The zero-order valence-electron chi connectivity index (χ0n) is 18.5. The van der Waals surface area contributed by atoms with E-state index in [9.17, 15) is 9.18 Å². The fraction of sp³-hybridized carbons (Fsp3) is 0.160. The van der Waals surface area contributed by atoms with Gasteiger partial charge in [-0.3, -0.25) is 9.36 Å². The molecule has 0 aliphatic carbocycles. The highest BCUT2D eigenvalue weighted by molar-refractivity contribution is 7.99. The van der Waals surface area contributed by atoms with Crippen LogP contribution in [0.25, 0.3) is 17.1 Å². The first-order valence-electron chi connectivity index (χ1n) is 10.9. The van der Waals surface area contributed by atoms with Gasteiger partial charge in [0, 0.05) is 11.8 Å². The van der Waals surface area contributed by atoms with E-state index < -0.39 is 5.82 Å². The molecule has 178 valence electrons. The highest BCUT2D eigenvalue weighted by Gasteiger charge is 2.19. The van der Waals surface area contributed by atoms with Crippen LogP contribution in [0.4, 0.5) is 4.39 Å². The summed E-state index contributed by atoms with van der Waals surface area (Å²) in [5.74, 6) is 1.87. The van der Waals surface area contributed by atoms with Crippen molar-refractivity contribution in [2.75, 3.05) is 25.7 Å². The summed E-state index contributed by atoms with van der Waals surface area (Å²) in [7, 11) is 0. The molecule has 0 saturated carbocycles. The summed E-state index contributed by atoms with van der Waals surface area (Å²) in [5, 5.41) is 11.8. The molecule has 1 aliphatic heterocycles. The molecule has 1 amide bonds. The molecule has 0 unspecified atom stereocenters. The third-order valence-electron chi connectivity index (χ3n) is 5.13. The quantitative estimate of drug-likeness (QED) is 0.278. The number of halogens is 1. The normalized spacial score (nSPS) is 11.9. The summed E-state index contributed by atoms with van der Waals surface area (Å²) >= 11 is 1.22. The molecule has 35 heavy (non-hydrogen) atoms. The van der Waals surface area contributed by atoms with Gasteiger partial charge in [-0.2, -0.15) is 0 Å². The van der Waals surface area contributed by atoms with Crippen molar-refractivity contribution in [3.8, 4) is 34.3 Å². The number of amides is 1. The number of rotatable bonds is 9. The van der Waals surface area contributed by atoms with Gasteiger partial charge in [0.15, 0.2) is 22.5 Å². The molecule has 8 nitrogen and oxygen atoms in total. The number of carbonyl (C=O) groups excluding carboxylic acids is 1. The van der Waals surface area contributed by atoms with Crippen LogP contribution in [0, 0.1) is 5.82 Å². The lowest BCUT2D eigenvalue weighted by Crippen LogP contribution is -2.29. The van der Waals surface area contributed by atoms with Crippen molar-refractivity contribution in [1.82, 2.24) is 20.1 Å². The van der Waals surface area contributed by atoms with E-state index in [2.05, 4.69) is 15.5 Å². The first kappa shape index (κ1) is 22.7. The monoisotopic (exact) mass is 492 g/mol. The Balaban J connectivity index is 1.20. The largest absolute Gasteiger partial charge is 0.492 e. The molecule has 4 aromatic rings. The molecule has 1 aliphatic rings. The number of aromatic nitrogens is 3. The van der Waals surface area contributed by atoms with Crippen LogP contribution in [-0.4, -0.2) is 46.4 Å². The van der Waals surface area contributed by atoms with Gasteiger partial charge in [0.2, 0.25) is 12.7 Å². The third kappa shape index (κ3) is 5.22. The fourth-order valence-electron chi connectivity index (χ4n) is 3.50. The second-order valence-corrected chi connectivity index (χ2v) is 8.40. The Morgan fingerprint density at radius 3 is 2.69 bits per heavy atom.